The van der Waals surface area contributed by atoms with Gasteiger partial charge in [-0.1, -0.05) is 25.3 Å². The van der Waals surface area contributed by atoms with E-state index in [4.69, 9.17) is 4.74 Å². The van der Waals surface area contributed by atoms with Crippen LogP contribution in [0.1, 0.15) is 56.6 Å². The van der Waals surface area contributed by atoms with Crippen LogP contribution in [0, 0.1) is 5.92 Å². The van der Waals surface area contributed by atoms with Gasteiger partial charge in [0.1, 0.15) is 0 Å². The number of carbonyl (C=O) groups excluding carboxylic acids is 1. The number of pyridine rings is 1. The molecule has 136 valence electrons. The summed E-state index contributed by atoms with van der Waals surface area (Å²) >= 11 is 0. The summed E-state index contributed by atoms with van der Waals surface area (Å²) in [4.78, 5) is 19.3. The molecule has 1 aromatic rings. The van der Waals surface area contributed by atoms with Crippen molar-refractivity contribution in [3.8, 4) is 0 Å². The second kappa shape index (κ2) is 7.83. The van der Waals surface area contributed by atoms with E-state index < -0.39 is 0 Å². The highest BCUT2D eigenvalue weighted by molar-refractivity contribution is 5.80. The largest absolute Gasteiger partial charge is 0.373 e. The number of ether oxygens (including phenoxy) is 1. The fourth-order valence-corrected chi connectivity index (χ4v) is 4.47. The fraction of sp³-hybridized carbons (Fsp3) is 0.700. The van der Waals surface area contributed by atoms with Crippen LogP contribution in [-0.4, -0.2) is 47.6 Å². The molecule has 1 aliphatic carbocycles. The summed E-state index contributed by atoms with van der Waals surface area (Å²) in [6, 6.07) is 4.94. The summed E-state index contributed by atoms with van der Waals surface area (Å²) < 4.78 is 5.87. The number of nitrogens with zero attached hydrogens (tertiary/aromatic N) is 2. The highest BCUT2D eigenvalue weighted by atomic mass is 16.5. The first-order valence-electron chi connectivity index (χ1n) is 9.85. The normalized spacial score (nSPS) is 29.1. The van der Waals surface area contributed by atoms with Gasteiger partial charge in [0.15, 0.2) is 0 Å². The van der Waals surface area contributed by atoms with E-state index in [2.05, 4.69) is 21.3 Å². The molecule has 3 aliphatic rings. The second-order valence-corrected chi connectivity index (χ2v) is 7.82. The molecule has 1 N–H and O–H groups in total. The third-order valence-corrected chi connectivity index (χ3v) is 6.06. The molecule has 1 aromatic heterocycles. The minimum Gasteiger partial charge on any atom is -0.373 e. The number of rotatable bonds is 4. The maximum Gasteiger partial charge on any atom is 0.225 e. The van der Waals surface area contributed by atoms with Crippen LogP contribution in [0.25, 0.3) is 0 Å². The summed E-state index contributed by atoms with van der Waals surface area (Å²) in [5, 5.41) is 3.28. The van der Waals surface area contributed by atoms with E-state index in [-0.39, 0.29) is 24.0 Å². The van der Waals surface area contributed by atoms with E-state index in [9.17, 15) is 4.79 Å². The zero-order valence-electron chi connectivity index (χ0n) is 14.9. The molecule has 1 saturated carbocycles. The van der Waals surface area contributed by atoms with E-state index in [0.717, 1.165) is 37.5 Å². The van der Waals surface area contributed by atoms with Crippen LogP contribution in [0.2, 0.25) is 0 Å². The van der Waals surface area contributed by atoms with Gasteiger partial charge in [0, 0.05) is 44.2 Å². The molecule has 2 saturated heterocycles. The van der Waals surface area contributed by atoms with Crippen LogP contribution in [-0.2, 0) is 9.53 Å². The van der Waals surface area contributed by atoms with E-state index in [1.165, 1.54) is 32.1 Å². The minimum atomic E-state index is 0.0490. The van der Waals surface area contributed by atoms with E-state index in [1.807, 2.05) is 12.3 Å². The summed E-state index contributed by atoms with van der Waals surface area (Å²) in [6.45, 7) is 2.60. The predicted octanol–water partition coefficient (Wildman–Crippen LogP) is 2.68. The molecule has 1 amide bonds. The number of hydrogen-bond acceptors (Lipinski definition) is 4. The van der Waals surface area contributed by atoms with E-state index in [0.29, 0.717) is 6.61 Å². The molecule has 0 aromatic carbocycles. The number of carbonyl (C=O) groups is 1. The first-order valence-corrected chi connectivity index (χ1v) is 9.85. The lowest BCUT2D eigenvalue weighted by atomic mass is 9.88. The molecule has 25 heavy (non-hydrogen) atoms. The van der Waals surface area contributed by atoms with Gasteiger partial charge in [0.05, 0.1) is 12.0 Å². The van der Waals surface area contributed by atoms with Gasteiger partial charge in [-0.3, -0.25) is 14.7 Å². The molecule has 0 bridgehead atoms. The molecule has 4 rings (SSSR count). The van der Waals surface area contributed by atoms with Gasteiger partial charge >= 0.3 is 0 Å². The monoisotopic (exact) mass is 343 g/mol. The Labute approximate surface area is 150 Å². The Hall–Kier alpha value is -1.46. The van der Waals surface area contributed by atoms with Gasteiger partial charge in [-0.05, 0) is 37.3 Å². The van der Waals surface area contributed by atoms with Gasteiger partial charge in [0.25, 0.3) is 0 Å². The zero-order valence-corrected chi connectivity index (χ0v) is 14.9. The number of likely N-dealkylation sites (tertiary alicyclic amines) is 1. The van der Waals surface area contributed by atoms with Gasteiger partial charge < -0.3 is 10.1 Å². The van der Waals surface area contributed by atoms with Crippen LogP contribution in [0.5, 0.6) is 0 Å². The summed E-state index contributed by atoms with van der Waals surface area (Å²) in [6.07, 6.45) is 12.2. The number of nitrogens with one attached hydrogen (secondary N) is 1. The van der Waals surface area contributed by atoms with Gasteiger partial charge in [-0.2, -0.15) is 0 Å². The van der Waals surface area contributed by atoms with Gasteiger partial charge in [0.2, 0.25) is 5.91 Å². The number of amides is 1. The van der Waals surface area contributed by atoms with Crippen LogP contribution >= 0.6 is 0 Å². The predicted molar refractivity (Wildman–Crippen MR) is 96.0 cm³/mol. The van der Waals surface area contributed by atoms with Crippen LogP contribution < -0.4 is 5.32 Å². The van der Waals surface area contributed by atoms with Crippen LogP contribution in [0.15, 0.2) is 24.5 Å². The van der Waals surface area contributed by atoms with Crippen molar-refractivity contribution in [1.29, 1.82) is 0 Å². The highest BCUT2D eigenvalue weighted by Gasteiger charge is 2.38. The maximum absolute atomic E-state index is 12.6. The lowest BCUT2D eigenvalue weighted by Crippen LogP contribution is -2.58. The molecule has 3 fully saturated rings. The van der Waals surface area contributed by atoms with Crippen molar-refractivity contribution >= 4 is 5.91 Å². The quantitative estimate of drug-likeness (QED) is 0.913. The Morgan fingerprint density at radius 3 is 2.80 bits per heavy atom. The molecule has 2 atom stereocenters. The number of hydrogen-bond donors (Lipinski definition) is 1. The highest BCUT2D eigenvalue weighted by Crippen LogP contribution is 2.30. The van der Waals surface area contributed by atoms with Crippen LogP contribution in [0.3, 0.4) is 0 Å². The van der Waals surface area contributed by atoms with Crippen molar-refractivity contribution < 1.29 is 9.53 Å². The first kappa shape index (κ1) is 17.0. The first-order chi connectivity index (χ1) is 12.3. The second-order valence-electron chi connectivity index (χ2n) is 7.82. The molecule has 5 heteroatoms. The smallest absolute Gasteiger partial charge is 0.225 e. The Bertz CT molecular complexity index is 568. The molecule has 2 unspecified atom stereocenters. The van der Waals surface area contributed by atoms with Crippen LogP contribution in [0.4, 0.5) is 0 Å². The van der Waals surface area contributed by atoms with Crippen molar-refractivity contribution in [2.24, 2.45) is 5.92 Å². The Kier molecular flexibility index (Phi) is 5.32. The van der Waals surface area contributed by atoms with E-state index in [1.54, 1.807) is 6.20 Å². The maximum atomic E-state index is 12.6. The van der Waals surface area contributed by atoms with Gasteiger partial charge in [-0.15, -0.1) is 0 Å². The van der Waals surface area contributed by atoms with Crippen molar-refractivity contribution in [3.63, 3.8) is 0 Å². The SMILES string of the molecule is O=C(NC1CCOC(c2cccnc2)C1)C1CN(C2CCCCC2)C1. The average molecular weight is 343 g/mol. The zero-order chi connectivity index (χ0) is 17.1. The molecule has 3 heterocycles. The Morgan fingerprint density at radius 2 is 2.04 bits per heavy atom. The summed E-state index contributed by atoms with van der Waals surface area (Å²) in [7, 11) is 0. The lowest BCUT2D eigenvalue weighted by Gasteiger charge is -2.45. The third-order valence-electron chi connectivity index (χ3n) is 6.06. The fourth-order valence-electron chi connectivity index (χ4n) is 4.47. The average Bonchev–Trinajstić information content (AvgIpc) is 2.62. The molecular formula is C20H29N3O2. The molecular weight excluding hydrogens is 314 g/mol. The lowest BCUT2D eigenvalue weighted by molar-refractivity contribution is -0.133. The Balaban J connectivity index is 1.24. The van der Waals surface area contributed by atoms with Crippen molar-refractivity contribution in [3.05, 3.63) is 30.1 Å². The topological polar surface area (TPSA) is 54.5 Å². The molecule has 0 radical (unpaired) electrons. The van der Waals surface area contributed by atoms with Crippen molar-refractivity contribution in [1.82, 2.24) is 15.2 Å². The number of aromatic nitrogens is 1. The van der Waals surface area contributed by atoms with Crippen molar-refractivity contribution in [2.75, 3.05) is 19.7 Å². The van der Waals surface area contributed by atoms with Crippen molar-refractivity contribution in [2.45, 2.75) is 63.1 Å². The molecule has 2 aliphatic heterocycles. The summed E-state index contributed by atoms with van der Waals surface area (Å²) in [5.41, 5.74) is 1.11. The Morgan fingerprint density at radius 1 is 1.20 bits per heavy atom. The molecule has 0 spiro atoms. The molecule has 5 nitrogen and oxygen atoms in total. The minimum absolute atomic E-state index is 0.0490. The van der Waals surface area contributed by atoms with Gasteiger partial charge in [-0.25, -0.2) is 0 Å². The van der Waals surface area contributed by atoms with E-state index >= 15 is 0 Å². The standard InChI is InChI=1S/C20H29N3O2/c24-20(16-13-23(14-16)18-6-2-1-3-7-18)22-17-8-10-25-19(11-17)15-5-4-9-21-12-15/h4-5,9,12,16-19H,1-3,6-8,10-11,13-14H2,(H,22,24). The third kappa shape index (κ3) is 4.04. The summed E-state index contributed by atoms with van der Waals surface area (Å²) in [5.74, 6) is 0.422.